The number of carbonyl (C=O) groups is 2. The van der Waals surface area contributed by atoms with E-state index in [9.17, 15) is 9.59 Å². The van der Waals surface area contributed by atoms with Crippen LogP contribution in [0.1, 0.15) is 29.8 Å². The van der Waals surface area contributed by atoms with Crippen LogP contribution >= 0.6 is 0 Å². The second kappa shape index (κ2) is 7.16. The quantitative estimate of drug-likeness (QED) is 0.748. The molecule has 0 bridgehead atoms. The van der Waals surface area contributed by atoms with Crippen molar-refractivity contribution in [3.05, 3.63) is 77.4 Å². The standard InChI is InChI=1S/C22H23NO3/c1-22(2,18-10-7-11-19(13-18)26-3)15-23-14-17(12-20(23)24)21(25)16-8-5-4-6-9-16/h4-13H,14-15H2,1-3H3. The van der Waals surface area contributed by atoms with E-state index in [-0.39, 0.29) is 17.1 Å². The summed E-state index contributed by atoms with van der Waals surface area (Å²) in [4.78, 5) is 26.8. The van der Waals surface area contributed by atoms with Crippen molar-refractivity contribution in [1.29, 1.82) is 0 Å². The van der Waals surface area contributed by atoms with E-state index in [0.717, 1.165) is 11.3 Å². The number of nitrogens with zero attached hydrogens (tertiary/aromatic N) is 1. The van der Waals surface area contributed by atoms with Gasteiger partial charge in [-0.15, -0.1) is 0 Å². The average Bonchev–Trinajstić information content (AvgIpc) is 3.01. The first kappa shape index (κ1) is 17.9. The molecule has 0 N–H and O–H groups in total. The van der Waals surface area contributed by atoms with Crippen LogP contribution in [0.15, 0.2) is 66.2 Å². The van der Waals surface area contributed by atoms with Crippen LogP contribution in [0.4, 0.5) is 0 Å². The minimum absolute atomic E-state index is 0.0827. The van der Waals surface area contributed by atoms with Crippen molar-refractivity contribution in [1.82, 2.24) is 4.90 Å². The number of ketones is 1. The summed E-state index contributed by atoms with van der Waals surface area (Å²) in [5.74, 6) is 0.599. The van der Waals surface area contributed by atoms with Gasteiger partial charge >= 0.3 is 0 Å². The minimum Gasteiger partial charge on any atom is -0.497 e. The zero-order chi connectivity index (χ0) is 18.7. The van der Waals surface area contributed by atoms with E-state index in [4.69, 9.17) is 4.74 Å². The molecule has 2 aromatic carbocycles. The highest BCUT2D eigenvalue weighted by Crippen LogP contribution is 2.29. The van der Waals surface area contributed by atoms with Crippen LogP contribution in [0.5, 0.6) is 5.75 Å². The largest absolute Gasteiger partial charge is 0.497 e. The number of carbonyl (C=O) groups excluding carboxylic acids is 2. The summed E-state index contributed by atoms with van der Waals surface area (Å²) in [7, 11) is 1.64. The molecular weight excluding hydrogens is 326 g/mol. The normalized spacial score (nSPS) is 14.3. The molecule has 2 aromatic rings. The summed E-state index contributed by atoms with van der Waals surface area (Å²) >= 11 is 0. The van der Waals surface area contributed by atoms with E-state index in [1.165, 1.54) is 6.08 Å². The van der Waals surface area contributed by atoms with Crippen molar-refractivity contribution in [2.75, 3.05) is 20.2 Å². The Morgan fingerprint density at radius 1 is 1.12 bits per heavy atom. The molecule has 0 spiro atoms. The van der Waals surface area contributed by atoms with Gasteiger partial charge in [0.05, 0.1) is 13.7 Å². The predicted molar refractivity (Wildman–Crippen MR) is 101 cm³/mol. The van der Waals surface area contributed by atoms with Crippen molar-refractivity contribution < 1.29 is 14.3 Å². The SMILES string of the molecule is COc1cccc(C(C)(C)CN2CC(C(=O)c3ccccc3)=CC2=O)c1. The van der Waals surface area contributed by atoms with Crippen molar-refractivity contribution in [3.63, 3.8) is 0 Å². The zero-order valence-electron chi connectivity index (χ0n) is 15.4. The fourth-order valence-electron chi connectivity index (χ4n) is 3.23. The average molecular weight is 349 g/mol. The second-order valence-electron chi connectivity index (χ2n) is 7.17. The van der Waals surface area contributed by atoms with Crippen LogP contribution in [0.25, 0.3) is 0 Å². The van der Waals surface area contributed by atoms with E-state index in [0.29, 0.717) is 24.2 Å². The van der Waals surface area contributed by atoms with Crippen LogP contribution in [0, 0.1) is 0 Å². The number of hydrogen-bond acceptors (Lipinski definition) is 3. The lowest BCUT2D eigenvalue weighted by molar-refractivity contribution is -0.125. The van der Waals surface area contributed by atoms with Gasteiger partial charge in [-0.05, 0) is 17.7 Å². The predicted octanol–water partition coefficient (Wildman–Crippen LogP) is 3.62. The molecule has 0 unspecified atom stereocenters. The third kappa shape index (κ3) is 3.69. The third-order valence-corrected chi connectivity index (χ3v) is 4.74. The maximum absolute atomic E-state index is 12.6. The molecule has 0 saturated carbocycles. The van der Waals surface area contributed by atoms with Gasteiger partial charge in [0.15, 0.2) is 5.78 Å². The summed E-state index contributed by atoms with van der Waals surface area (Å²) in [5.41, 5.74) is 1.99. The molecule has 0 fully saturated rings. The third-order valence-electron chi connectivity index (χ3n) is 4.74. The van der Waals surface area contributed by atoms with Gasteiger partial charge in [-0.1, -0.05) is 56.3 Å². The molecule has 0 radical (unpaired) electrons. The Balaban J connectivity index is 1.73. The van der Waals surface area contributed by atoms with Gasteiger partial charge in [-0.2, -0.15) is 0 Å². The van der Waals surface area contributed by atoms with E-state index in [2.05, 4.69) is 13.8 Å². The zero-order valence-corrected chi connectivity index (χ0v) is 15.4. The molecule has 1 amide bonds. The van der Waals surface area contributed by atoms with Gasteiger partial charge in [0.1, 0.15) is 5.75 Å². The van der Waals surface area contributed by atoms with Crippen molar-refractivity contribution in [3.8, 4) is 5.75 Å². The molecule has 3 rings (SSSR count). The smallest absolute Gasteiger partial charge is 0.247 e. The van der Waals surface area contributed by atoms with Crippen molar-refractivity contribution >= 4 is 11.7 Å². The van der Waals surface area contributed by atoms with E-state index >= 15 is 0 Å². The highest BCUT2D eigenvalue weighted by atomic mass is 16.5. The molecular formula is C22H23NO3. The highest BCUT2D eigenvalue weighted by molar-refractivity contribution is 6.14. The lowest BCUT2D eigenvalue weighted by atomic mass is 9.84. The number of amides is 1. The summed E-state index contributed by atoms with van der Waals surface area (Å²) in [6.07, 6.45) is 1.47. The molecule has 1 aliphatic rings. The molecule has 4 heteroatoms. The molecule has 134 valence electrons. The van der Waals surface area contributed by atoms with Crippen LogP contribution in [0.2, 0.25) is 0 Å². The van der Waals surface area contributed by atoms with Gasteiger partial charge in [0.25, 0.3) is 0 Å². The molecule has 26 heavy (non-hydrogen) atoms. The lowest BCUT2D eigenvalue weighted by Gasteiger charge is -2.31. The van der Waals surface area contributed by atoms with Gasteiger partial charge in [-0.25, -0.2) is 0 Å². The number of rotatable bonds is 6. The van der Waals surface area contributed by atoms with Gasteiger partial charge in [-0.3, -0.25) is 9.59 Å². The second-order valence-corrected chi connectivity index (χ2v) is 7.17. The van der Waals surface area contributed by atoms with Crippen molar-refractivity contribution in [2.45, 2.75) is 19.3 Å². The fraction of sp³-hybridized carbons (Fsp3) is 0.273. The first-order valence-corrected chi connectivity index (χ1v) is 8.64. The van der Waals surface area contributed by atoms with Gasteiger partial charge < -0.3 is 9.64 Å². The minimum atomic E-state index is -0.261. The number of Topliss-reactive ketones (excluding diaryl/α,β-unsaturated/α-hetero) is 1. The lowest BCUT2D eigenvalue weighted by Crippen LogP contribution is -2.38. The Morgan fingerprint density at radius 2 is 1.85 bits per heavy atom. The molecule has 0 aromatic heterocycles. The number of methoxy groups -OCH3 is 1. The molecule has 4 nitrogen and oxygen atoms in total. The molecule has 1 aliphatic heterocycles. The first-order chi connectivity index (χ1) is 12.4. The number of benzene rings is 2. The Labute approximate surface area is 154 Å². The van der Waals surface area contributed by atoms with Crippen LogP contribution in [0.3, 0.4) is 0 Å². The van der Waals surface area contributed by atoms with E-state index in [1.807, 2.05) is 42.5 Å². The molecule has 0 saturated heterocycles. The highest BCUT2D eigenvalue weighted by Gasteiger charge is 2.32. The molecule has 0 aliphatic carbocycles. The Bertz CT molecular complexity index is 853. The summed E-state index contributed by atoms with van der Waals surface area (Å²) < 4.78 is 5.30. The summed E-state index contributed by atoms with van der Waals surface area (Å²) in [6, 6.07) is 16.9. The van der Waals surface area contributed by atoms with E-state index < -0.39 is 0 Å². The maximum atomic E-state index is 12.6. The topological polar surface area (TPSA) is 46.6 Å². The monoisotopic (exact) mass is 349 g/mol. The van der Waals surface area contributed by atoms with Crippen LogP contribution in [-0.2, 0) is 10.2 Å². The van der Waals surface area contributed by atoms with Gasteiger partial charge in [0.2, 0.25) is 5.91 Å². The summed E-state index contributed by atoms with van der Waals surface area (Å²) in [5, 5.41) is 0. The number of ether oxygens (including phenoxy) is 1. The Hall–Kier alpha value is -2.88. The number of hydrogen-bond donors (Lipinski definition) is 0. The maximum Gasteiger partial charge on any atom is 0.247 e. The van der Waals surface area contributed by atoms with Crippen LogP contribution < -0.4 is 4.74 Å². The van der Waals surface area contributed by atoms with Crippen molar-refractivity contribution in [2.24, 2.45) is 0 Å². The Morgan fingerprint density at radius 3 is 2.54 bits per heavy atom. The van der Waals surface area contributed by atoms with Gasteiger partial charge in [0, 0.05) is 29.2 Å². The van der Waals surface area contributed by atoms with E-state index in [1.54, 1.807) is 24.1 Å². The summed E-state index contributed by atoms with van der Waals surface area (Å²) in [6.45, 7) is 5.05. The Kier molecular flexibility index (Phi) is 4.94. The molecule has 0 atom stereocenters. The van der Waals surface area contributed by atoms with Crippen LogP contribution in [-0.4, -0.2) is 36.8 Å². The molecule has 1 heterocycles. The first-order valence-electron chi connectivity index (χ1n) is 8.64. The fourth-order valence-corrected chi connectivity index (χ4v) is 3.23.